The Morgan fingerprint density at radius 1 is 1.21 bits per heavy atom. The van der Waals surface area contributed by atoms with Gasteiger partial charge in [-0.25, -0.2) is 0 Å². The van der Waals surface area contributed by atoms with Gasteiger partial charge in [0.2, 0.25) is 0 Å². The highest BCUT2D eigenvalue weighted by Crippen LogP contribution is 2.40. The van der Waals surface area contributed by atoms with Gasteiger partial charge in [-0.3, -0.25) is 4.79 Å². The summed E-state index contributed by atoms with van der Waals surface area (Å²) in [4.78, 5) is 11.9. The van der Waals surface area contributed by atoms with Crippen molar-refractivity contribution in [3.05, 3.63) is 28.8 Å². The Hall–Kier alpha value is -1.31. The molecule has 1 aliphatic carbocycles. The summed E-state index contributed by atoms with van der Waals surface area (Å²) < 4.78 is 0. The van der Waals surface area contributed by atoms with Crippen LogP contribution in [0.1, 0.15) is 41.3 Å². The summed E-state index contributed by atoms with van der Waals surface area (Å²) in [6, 6.07) is 3.54. The number of phenolic OH excluding ortho intramolecular Hbond substituents is 1. The van der Waals surface area contributed by atoms with Gasteiger partial charge in [0.05, 0.1) is 0 Å². The summed E-state index contributed by atoms with van der Waals surface area (Å²) >= 11 is 0. The monoisotopic (exact) mass is 190 g/mol. The van der Waals surface area contributed by atoms with Crippen LogP contribution in [0.5, 0.6) is 5.75 Å². The lowest BCUT2D eigenvalue weighted by Gasteiger charge is -2.08. The Morgan fingerprint density at radius 2 is 1.86 bits per heavy atom. The van der Waals surface area contributed by atoms with Crippen LogP contribution in [-0.2, 0) is 0 Å². The molecular weight excluding hydrogens is 176 g/mol. The van der Waals surface area contributed by atoms with E-state index in [2.05, 4.69) is 6.92 Å². The lowest BCUT2D eigenvalue weighted by atomic mass is 9.96. The Balaban J connectivity index is 2.70. The molecule has 2 heteroatoms. The highest BCUT2D eigenvalue weighted by Gasteiger charge is 2.35. The average molecular weight is 190 g/mol. The minimum atomic E-state index is 0.0468. The third-order valence-electron chi connectivity index (χ3n) is 3.37. The van der Waals surface area contributed by atoms with E-state index in [9.17, 15) is 9.90 Å². The fraction of sp³-hybridized carbons (Fsp3) is 0.417. The van der Waals surface area contributed by atoms with Gasteiger partial charge in [0, 0.05) is 17.0 Å². The van der Waals surface area contributed by atoms with Crippen molar-refractivity contribution in [2.75, 3.05) is 0 Å². The summed E-state index contributed by atoms with van der Waals surface area (Å²) in [5.74, 6) is 0.710. The maximum Gasteiger partial charge on any atom is 0.166 e. The zero-order valence-electron chi connectivity index (χ0n) is 8.66. The first kappa shape index (κ1) is 9.25. The molecule has 0 amide bonds. The van der Waals surface area contributed by atoms with Crippen molar-refractivity contribution in [1.29, 1.82) is 0 Å². The van der Waals surface area contributed by atoms with E-state index in [4.69, 9.17) is 0 Å². The predicted octanol–water partition coefficient (Wildman–Crippen LogP) is 2.64. The third kappa shape index (κ3) is 0.999. The van der Waals surface area contributed by atoms with Gasteiger partial charge in [-0.15, -0.1) is 0 Å². The van der Waals surface area contributed by atoms with Crippen LogP contribution < -0.4 is 0 Å². The molecule has 2 rings (SSSR count). The van der Waals surface area contributed by atoms with E-state index in [0.29, 0.717) is 0 Å². The molecule has 0 aromatic heterocycles. The SMILES string of the molecule is Cc1c(O)ccc2c1C(=O)C(C)C2C. The van der Waals surface area contributed by atoms with Crippen molar-refractivity contribution in [3.8, 4) is 5.75 Å². The quantitative estimate of drug-likeness (QED) is 0.682. The Bertz CT molecular complexity index is 407. The zero-order chi connectivity index (χ0) is 10.5. The van der Waals surface area contributed by atoms with Gasteiger partial charge >= 0.3 is 0 Å². The number of carbonyl (C=O) groups excluding carboxylic acids is 1. The summed E-state index contributed by atoms with van der Waals surface area (Å²) in [7, 11) is 0. The number of hydrogen-bond donors (Lipinski definition) is 1. The van der Waals surface area contributed by atoms with Crippen LogP contribution in [0.15, 0.2) is 12.1 Å². The lowest BCUT2D eigenvalue weighted by molar-refractivity contribution is 0.0936. The Morgan fingerprint density at radius 3 is 2.50 bits per heavy atom. The van der Waals surface area contributed by atoms with Gasteiger partial charge in [-0.2, -0.15) is 0 Å². The van der Waals surface area contributed by atoms with Gasteiger partial charge in [-0.1, -0.05) is 19.9 Å². The molecule has 0 heterocycles. The standard InChI is InChI=1S/C12H14O2/c1-6-7(2)12(14)11-8(3)10(13)5-4-9(6)11/h4-7,13H,1-3H3. The maximum absolute atomic E-state index is 11.9. The Kier molecular flexibility index (Phi) is 1.88. The first-order valence-electron chi connectivity index (χ1n) is 4.90. The van der Waals surface area contributed by atoms with Gasteiger partial charge < -0.3 is 5.11 Å². The molecule has 74 valence electrons. The molecule has 1 aromatic carbocycles. The lowest BCUT2D eigenvalue weighted by Crippen LogP contribution is -2.06. The van der Waals surface area contributed by atoms with Crippen LogP contribution in [0.4, 0.5) is 0 Å². The number of Topliss-reactive ketones (excluding diaryl/α,β-unsaturated/α-hetero) is 1. The van der Waals surface area contributed by atoms with E-state index in [1.54, 1.807) is 13.0 Å². The van der Waals surface area contributed by atoms with Crippen LogP contribution in [0.3, 0.4) is 0 Å². The second-order valence-electron chi connectivity index (χ2n) is 4.12. The molecule has 0 fully saturated rings. The van der Waals surface area contributed by atoms with Gasteiger partial charge in [0.1, 0.15) is 5.75 Å². The Labute approximate surface area is 83.6 Å². The van der Waals surface area contributed by atoms with Crippen molar-refractivity contribution in [1.82, 2.24) is 0 Å². The van der Waals surface area contributed by atoms with Crippen LogP contribution in [-0.4, -0.2) is 10.9 Å². The second-order valence-corrected chi connectivity index (χ2v) is 4.12. The van der Waals surface area contributed by atoms with Crippen LogP contribution >= 0.6 is 0 Å². The first-order chi connectivity index (χ1) is 6.54. The molecule has 0 bridgehead atoms. The van der Waals surface area contributed by atoms with Crippen LogP contribution in [0, 0.1) is 12.8 Å². The predicted molar refractivity (Wildman–Crippen MR) is 54.8 cm³/mol. The molecule has 0 saturated carbocycles. The summed E-state index contributed by atoms with van der Waals surface area (Å²) in [5.41, 5.74) is 2.55. The molecule has 2 atom stereocenters. The summed E-state index contributed by atoms with van der Waals surface area (Å²) in [5, 5.41) is 9.52. The fourth-order valence-electron chi connectivity index (χ4n) is 2.15. The van der Waals surface area contributed by atoms with Crippen molar-refractivity contribution in [2.24, 2.45) is 5.92 Å². The third-order valence-corrected chi connectivity index (χ3v) is 3.37. The molecule has 2 unspecified atom stereocenters. The highest BCUT2D eigenvalue weighted by atomic mass is 16.3. The van der Waals surface area contributed by atoms with Gasteiger partial charge in [0.15, 0.2) is 5.78 Å². The van der Waals surface area contributed by atoms with E-state index in [1.807, 2.05) is 13.0 Å². The zero-order valence-corrected chi connectivity index (χ0v) is 8.66. The smallest absolute Gasteiger partial charge is 0.166 e. The molecule has 14 heavy (non-hydrogen) atoms. The molecule has 0 aliphatic heterocycles. The van der Waals surface area contributed by atoms with Gasteiger partial charge in [0.25, 0.3) is 0 Å². The average Bonchev–Trinajstić information content (AvgIpc) is 2.38. The van der Waals surface area contributed by atoms with Crippen molar-refractivity contribution < 1.29 is 9.90 Å². The highest BCUT2D eigenvalue weighted by molar-refractivity contribution is 6.04. The maximum atomic E-state index is 11.9. The molecular formula is C12H14O2. The van der Waals surface area contributed by atoms with Crippen LogP contribution in [0.25, 0.3) is 0 Å². The van der Waals surface area contributed by atoms with Crippen molar-refractivity contribution >= 4 is 5.78 Å². The van der Waals surface area contributed by atoms with Crippen LogP contribution in [0.2, 0.25) is 0 Å². The van der Waals surface area contributed by atoms with Gasteiger partial charge in [-0.05, 0) is 24.5 Å². The molecule has 2 nitrogen and oxygen atoms in total. The number of phenols is 1. The largest absolute Gasteiger partial charge is 0.508 e. The number of aromatic hydroxyl groups is 1. The molecule has 0 saturated heterocycles. The number of rotatable bonds is 0. The number of ketones is 1. The molecule has 1 aromatic rings. The van der Waals surface area contributed by atoms with E-state index in [1.165, 1.54) is 0 Å². The minimum Gasteiger partial charge on any atom is -0.508 e. The molecule has 0 spiro atoms. The first-order valence-corrected chi connectivity index (χ1v) is 4.90. The van der Waals surface area contributed by atoms with E-state index in [0.717, 1.165) is 16.7 Å². The van der Waals surface area contributed by atoms with Crippen molar-refractivity contribution in [3.63, 3.8) is 0 Å². The number of fused-ring (bicyclic) bond motifs is 1. The van der Waals surface area contributed by atoms with E-state index < -0.39 is 0 Å². The number of carbonyl (C=O) groups is 1. The fourth-order valence-corrected chi connectivity index (χ4v) is 2.15. The topological polar surface area (TPSA) is 37.3 Å². The van der Waals surface area contributed by atoms with Crippen molar-refractivity contribution in [2.45, 2.75) is 26.7 Å². The molecule has 0 radical (unpaired) electrons. The molecule has 1 aliphatic rings. The normalized spacial score (nSPS) is 25.2. The van der Waals surface area contributed by atoms with E-state index >= 15 is 0 Å². The minimum absolute atomic E-state index is 0.0468. The summed E-state index contributed by atoms with van der Waals surface area (Å²) in [6.07, 6.45) is 0. The second kappa shape index (κ2) is 2.84. The molecule has 1 N–H and O–H groups in total. The van der Waals surface area contributed by atoms with E-state index in [-0.39, 0.29) is 23.4 Å². The summed E-state index contributed by atoms with van der Waals surface area (Å²) in [6.45, 7) is 5.81. The number of benzene rings is 1. The number of hydrogen-bond acceptors (Lipinski definition) is 2.